The van der Waals surface area contributed by atoms with Gasteiger partial charge in [-0.2, -0.15) is 0 Å². The van der Waals surface area contributed by atoms with Crippen molar-refractivity contribution in [2.75, 3.05) is 0 Å². The molecule has 0 unspecified atom stereocenters. The van der Waals surface area contributed by atoms with Gasteiger partial charge in [0.25, 0.3) is 0 Å². The Bertz CT molecular complexity index is 393. The summed E-state index contributed by atoms with van der Waals surface area (Å²) in [4.78, 5) is 12.3. The Balaban J connectivity index is 2.98. The summed E-state index contributed by atoms with van der Waals surface area (Å²) in [5.41, 5.74) is -0.473. The van der Waals surface area contributed by atoms with Crippen LogP contribution in [0.15, 0.2) is 12.7 Å². The van der Waals surface area contributed by atoms with E-state index in [1.54, 1.807) is 0 Å². The molecule has 0 atom stereocenters. The number of thiophene rings is 1. The van der Waals surface area contributed by atoms with Gasteiger partial charge in [0.1, 0.15) is 10.5 Å². The van der Waals surface area contributed by atoms with Gasteiger partial charge in [0, 0.05) is 0 Å². The second-order valence-corrected chi connectivity index (χ2v) is 7.76. The molecule has 0 aliphatic rings. The highest BCUT2D eigenvalue weighted by Gasteiger charge is 2.24. The van der Waals surface area contributed by atoms with E-state index in [1.165, 1.54) is 11.3 Å². The zero-order valence-electron chi connectivity index (χ0n) is 8.36. The van der Waals surface area contributed by atoms with Gasteiger partial charge in [0.2, 0.25) is 0 Å². The lowest BCUT2D eigenvalue weighted by molar-refractivity contribution is 0.00742. The lowest BCUT2D eigenvalue weighted by atomic mass is 10.2. The highest BCUT2D eigenvalue weighted by Crippen LogP contribution is 2.41. The molecule has 0 N–H and O–H groups in total. The van der Waals surface area contributed by atoms with Crippen LogP contribution in [0.4, 0.5) is 0 Å². The van der Waals surface area contributed by atoms with Gasteiger partial charge in [-0.3, -0.25) is 0 Å². The summed E-state index contributed by atoms with van der Waals surface area (Å²) in [6.45, 7) is 5.53. The molecule has 0 fully saturated rings. The smallest absolute Gasteiger partial charge is 0.350 e. The number of hydrogen-bond acceptors (Lipinski definition) is 3. The lowest BCUT2D eigenvalue weighted by Crippen LogP contribution is -2.23. The third kappa shape index (κ3) is 3.54. The molecule has 1 aromatic rings. The Morgan fingerprint density at radius 2 is 1.73 bits per heavy atom. The second-order valence-electron chi connectivity index (χ2n) is 3.83. The molecule has 1 aromatic heterocycles. The predicted octanol–water partition coefficient (Wildman–Crippen LogP) is 4.99. The zero-order valence-corrected chi connectivity index (χ0v) is 13.9. The van der Waals surface area contributed by atoms with Crippen molar-refractivity contribution in [2.45, 2.75) is 26.4 Å². The van der Waals surface area contributed by atoms with E-state index in [2.05, 4.69) is 47.8 Å². The first-order chi connectivity index (χ1) is 6.72. The van der Waals surface area contributed by atoms with Crippen molar-refractivity contribution < 1.29 is 9.53 Å². The van der Waals surface area contributed by atoms with E-state index in [1.807, 2.05) is 20.8 Å². The first kappa shape index (κ1) is 13.7. The van der Waals surface area contributed by atoms with Crippen LogP contribution in [0.2, 0.25) is 0 Å². The Labute approximate surface area is 118 Å². The summed E-state index contributed by atoms with van der Waals surface area (Å²) in [7, 11) is 0. The van der Waals surface area contributed by atoms with Crippen LogP contribution < -0.4 is 0 Å². The molecular weight excluding hydrogens is 412 g/mol. The van der Waals surface area contributed by atoms with Gasteiger partial charge < -0.3 is 4.74 Å². The molecule has 0 amide bonds. The molecule has 1 rings (SSSR count). The van der Waals surface area contributed by atoms with Crippen LogP contribution in [0.1, 0.15) is 30.4 Å². The summed E-state index contributed by atoms with van der Waals surface area (Å²) >= 11 is 11.4. The van der Waals surface area contributed by atoms with Gasteiger partial charge in [-0.05, 0) is 68.6 Å². The molecule has 15 heavy (non-hydrogen) atoms. The van der Waals surface area contributed by atoms with Crippen LogP contribution in [0.25, 0.3) is 0 Å². The molecule has 0 bridgehead atoms. The highest BCUT2D eigenvalue weighted by molar-refractivity contribution is 9.14. The number of halogens is 3. The highest BCUT2D eigenvalue weighted by atomic mass is 79.9. The number of carbonyl (C=O) groups excluding carboxylic acids is 1. The number of ether oxygens (including phenoxy) is 1. The van der Waals surface area contributed by atoms with Crippen LogP contribution >= 0.6 is 59.1 Å². The predicted molar refractivity (Wildman–Crippen MR) is 72.6 cm³/mol. The molecule has 0 aliphatic heterocycles. The second kappa shape index (κ2) is 4.85. The zero-order chi connectivity index (χ0) is 11.8. The van der Waals surface area contributed by atoms with Gasteiger partial charge in [-0.25, -0.2) is 4.79 Å². The molecule has 84 valence electrons. The average molecular weight is 421 g/mol. The van der Waals surface area contributed by atoms with E-state index < -0.39 is 5.60 Å². The molecule has 0 saturated carbocycles. The fraction of sp³-hybridized carbons (Fsp3) is 0.444. The van der Waals surface area contributed by atoms with Gasteiger partial charge in [0.15, 0.2) is 0 Å². The maximum atomic E-state index is 11.8. The third-order valence-electron chi connectivity index (χ3n) is 1.34. The van der Waals surface area contributed by atoms with E-state index in [-0.39, 0.29) is 5.97 Å². The molecule has 1 heterocycles. The quantitative estimate of drug-likeness (QED) is 0.598. The normalized spacial score (nSPS) is 11.6. The Hall–Kier alpha value is 0.610. The van der Waals surface area contributed by atoms with Crippen LogP contribution in [0.3, 0.4) is 0 Å². The minimum atomic E-state index is -0.473. The van der Waals surface area contributed by atoms with E-state index >= 15 is 0 Å². The molecule has 0 aromatic carbocycles. The minimum absolute atomic E-state index is 0.314. The summed E-state index contributed by atoms with van der Waals surface area (Å²) in [5, 5.41) is 0. The summed E-state index contributed by atoms with van der Waals surface area (Å²) in [6.07, 6.45) is 0. The molecular formula is C9H9Br3O2S. The molecule has 0 saturated heterocycles. The molecule has 0 aliphatic carbocycles. The summed E-state index contributed by atoms with van der Waals surface area (Å²) in [5.74, 6) is -0.314. The van der Waals surface area contributed by atoms with Crippen molar-refractivity contribution in [3.63, 3.8) is 0 Å². The van der Waals surface area contributed by atoms with Crippen molar-refractivity contribution in [1.29, 1.82) is 0 Å². The Morgan fingerprint density at radius 1 is 1.20 bits per heavy atom. The van der Waals surface area contributed by atoms with Crippen molar-refractivity contribution in [3.8, 4) is 0 Å². The lowest BCUT2D eigenvalue weighted by Gasteiger charge is -2.18. The SMILES string of the molecule is CC(C)(C)OC(=O)c1sc(Br)c(Br)c1Br. The van der Waals surface area contributed by atoms with Crippen molar-refractivity contribution in [2.24, 2.45) is 0 Å². The van der Waals surface area contributed by atoms with E-state index in [9.17, 15) is 4.79 Å². The summed E-state index contributed by atoms with van der Waals surface area (Å²) < 4.78 is 7.71. The Kier molecular flexibility index (Phi) is 4.43. The van der Waals surface area contributed by atoms with Crippen LogP contribution in [0, 0.1) is 0 Å². The van der Waals surface area contributed by atoms with Crippen LogP contribution in [-0.4, -0.2) is 11.6 Å². The van der Waals surface area contributed by atoms with Crippen molar-refractivity contribution >= 4 is 65.1 Å². The molecule has 6 heteroatoms. The fourth-order valence-electron chi connectivity index (χ4n) is 0.821. The van der Waals surface area contributed by atoms with Gasteiger partial charge in [-0.1, -0.05) is 0 Å². The first-order valence-corrected chi connectivity index (χ1v) is 7.28. The topological polar surface area (TPSA) is 26.3 Å². The monoisotopic (exact) mass is 418 g/mol. The number of rotatable bonds is 1. The minimum Gasteiger partial charge on any atom is -0.456 e. The van der Waals surface area contributed by atoms with E-state index in [0.717, 1.165) is 12.7 Å². The summed E-state index contributed by atoms with van der Waals surface area (Å²) in [6, 6.07) is 0. The third-order valence-corrected chi connectivity index (χ3v) is 6.36. The van der Waals surface area contributed by atoms with Gasteiger partial charge in [0.05, 0.1) is 12.7 Å². The van der Waals surface area contributed by atoms with Crippen LogP contribution in [0.5, 0.6) is 0 Å². The van der Waals surface area contributed by atoms with Gasteiger partial charge >= 0.3 is 5.97 Å². The number of carbonyl (C=O) groups is 1. The number of esters is 1. The maximum absolute atomic E-state index is 11.8. The van der Waals surface area contributed by atoms with Crippen molar-refractivity contribution in [1.82, 2.24) is 0 Å². The molecule has 2 nitrogen and oxygen atoms in total. The largest absolute Gasteiger partial charge is 0.456 e. The Morgan fingerprint density at radius 3 is 2.07 bits per heavy atom. The van der Waals surface area contributed by atoms with E-state index in [4.69, 9.17) is 4.74 Å². The maximum Gasteiger partial charge on any atom is 0.350 e. The standard InChI is InChI=1S/C9H9Br3O2S/c1-9(2,3)14-8(13)6-4(10)5(11)7(12)15-6/h1-3H3. The first-order valence-electron chi connectivity index (χ1n) is 4.09. The average Bonchev–Trinajstić information content (AvgIpc) is 2.30. The fourth-order valence-corrected chi connectivity index (χ4v) is 3.76. The molecule has 0 radical (unpaired) electrons. The van der Waals surface area contributed by atoms with Crippen LogP contribution in [-0.2, 0) is 4.74 Å². The van der Waals surface area contributed by atoms with Gasteiger partial charge in [-0.15, -0.1) is 11.3 Å². The molecule has 0 spiro atoms. The van der Waals surface area contributed by atoms with E-state index in [0.29, 0.717) is 4.88 Å². The van der Waals surface area contributed by atoms with Crippen molar-refractivity contribution in [3.05, 3.63) is 17.6 Å². The number of hydrogen-bond donors (Lipinski definition) is 0.